The Hall–Kier alpha value is -1.22. The molecule has 2 rings (SSSR count). The molecular formula is C15H28N2O. The first-order chi connectivity index (χ1) is 8.66. The number of aliphatic hydroxyl groups excluding tert-OH is 1. The standard InChI is InChI=1S/C11H16N2O.2C2H6/c1-8-6-11(14)7-13(8)10-4-2-9(12)3-5-10;2*1-2/h2-5,8,11,14H,6-7,12H2,1H3;2*1-2H3. The molecule has 1 aliphatic heterocycles. The van der Waals surface area contributed by atoms with Crippen LogP contribution in [0, 0.1) is 0 Å². The number of benzene rings is 1. The van der Waals surface area contributed by atoms with Crippen LogP contribution in [0.1, 0.15) is 41.0 Å². The number of rotatable bonds is 1. The Morgan fingerprint density at radius 2 is 1.61 bits per heavy atom. The second kappa shape index (κ2) is 8.81. The van der Waals surface area contributed by atoms with E-state index < -0.39 is 0 Å². The Bertz CT molecular complexity index is 311. The van der Waals surface area contributed by atoms with Gasteiger partial charge < -0.3 is 15.7 Å². The molecule has 3 N–H and O–H groups in total. The molecule has 1 fully saturated rings. The maximum absolute atomic E-state index is 9.52. The summed E-state index contributed by atoms with van der Waals surface area (Å²) >= 11 is 0. The van der Waals surface area contributed by atoms with Gasteiger partial charge in [-0.1, -0.05) is 27.7 Å². The first kappa shape index (κ1) is 16.8. The van der Waals surface area contributed by atoms with Crippen molar-refractivity contribution in [2.45, 2.75) is 53.2 Å². The number of hydrogen-bond donors (Lipinski definition) is 2. The molecule has 2 atom stereocenters. The maximum Gasteiger partial charge on any atom is 0.0734 e. The Kier molecular flexibility index (Phi) is 8.21. The van der Waals surface area contributed by atoms with Crippen LogP contribution in [0.25, 0.3) is 0 Å². The highest BCUT2D eigenvalue weighted by Crippen LogP contribution is 2.25. The van der Waals surface area contributed by atoms with E-state index in [1.807, 2.05) is 52.0 Å². The van der Waals surface area contributed by atoms with E-state index >= 15 is 0 Å². The van der Waals surface area contributed by atoms with E-state index in [4.69, 9.17) is 5.73 Å². The molecule has 0 aromatic heterocycles. The van der Waals surface area contributed by atoms with Gasteiger partial charge in [-0.05, 0) is 37.6 Å². The minimum atomic E-state index is -0.192. The van der Waals surface area contributed by atoms with Crippen LogP contribution in [-0.4, -0.2) is 23.8 Å². The highest BCUT2D eigenvalue weighted by molar-refractivity contribution is 5.54. The number of hydrogen-bond acceptors (Lipinski definition) is 3. The van der Waals surface area contributed by atoms with Gasteiger partial charge >= 0.3 is 0 Å². The van der Waals surface area contributed by atoms with Crippen molar-refractivity contribution >= 4 is 11.4 Å². The van der Waals surface area contributed by atoms with E-state index in [2.05, 4.69) is 11.8 Å². The van der Waals surface area contributed by atoms with Crippen molar-refractivity contribution in [1.29, 1.82) is 0 Å². The minimum absolute atomic E-state index is 0.192. The summed E-state index contributed by atoms with van der Waals surface area (Å²) in [5.41, 5.74) is 7.54. The predicted octanol–water partition coefficient (Wildman–Crippen LogP) is 3.28. The van der Waals surface area contributed by atoms with Crippen molar-refractivity contribution in [3.05, 3.63) is 24.3 Å². The lowest BCUT2D eigenvalue weighted by molar-refractivity contribution is 0.195. The number of nitrogens with two attached hydrogens (primary N) is 1. The number of β-amino-alcohol motifs (C(OH)–C–C–N with tert-alkyl or cyclic N) is 1. The number of nitrogens with zero attached hydrogens (tertiary/aromatic N) is 1. The third kappa shape index (κ3) is 4.57. The highest BCUT2D eigenvalue weighted by Gasteiger charge is 2.27. The summed E-state index contributed by atoms with van der Waals surface area (Å²) in [4.78, 5) is 2.21. The molecule has 0 bridgehead atoms. The van der Waals surface area contributed by atoms with Crippen LogP contribution in [0.15, 0.2) is 24.3 Å². The lowest BCUT2D eigenvalue weighted by Gasteiger charge is -2.23. The van der Waals surface area contributed by atoms with Crippen molar-refractivity contribution in [3.63, 3.8) is 0 Å². The molecule has 1 aromatic rings. The van der Waals surface area contributed by atoms with Crippen molar-refractivity contribution in [2.75, 3.05) is 17.2 Å². The van der Waals surface area contributed by atoms with E-state index in [0.29, 0.717) is 6.04 Å². The van der Waals surface area contributed by atoms with Gasteiger partial charge in [-0.25, -0.2) is 0 Å². The molecule has 0 saturated carbocycles. The van der Waals surface area contributed by atoms with Gasteiger partial charge in [0.05, 0.1) is 6.10 Å². The lowest BCUT2D eigenvalue weighted by atomic mass is 10.2. The smallest absolute Gasteiger partial charge is 0.0734 e. The molecular weight excluding hydrogens is 224 g/mol. The topological polar surface area (TPSA) is 49.5 Å². The maximum atomic E-state index is 9.52. The summed E-state index contributed by atoms with van der Waals surface area (Å²) in [7, 11) is 0. The second-order valence-electron chi connectivity index (χ2n) is 3.98. The molecule has 1 aromatic carbocycles. The van der Waals surface area contributed by atoms with Crippen molar-refractivity contribution < 1.29 is 5.11 Å². The van der Waals surface area contributed by atoms with Crippen LogP contribution in [0.2, 0.25) is 0 Å². The van der Waals surface area contributed by atoms with E-state index in [-0.39, 0.29) is 6.10 Å². The van der Waals surface area contributed by atoms with Gasteiger partial charge in [0.2, 0.25) is 0 Å². The van der Waals surface area contributed by atoms with Crippen molar-refractivity contribution in [2.24, 2.45) is 0 Å². The monoisotopic (exact) mass is 252 g/mol. The SMILES string of the molecule is CC.CC.CC1CC(O)CN1c1ccc(N)cc1. The quantitative estimate of drug-likeness (QED) is 0.754. The summed E-state index contributed by atoms with van der Waals surface area (Å²) in [6.45, 7) is 10.9. The highest BCUT2D eigenvalue weighted by atomic mass is 16.3. The van der Waals surface area contributed by atoms with Gasteiger partial charge in [0.15, 0.2) is 0 Å². The molecule has 1 heterocycles. The Balaban J connectivity index is 0.000000659. The molecule has 0 aliphatic carbocycles. The zero-order valence-electron chi connectivity index (χ0n) is 12.4. The molecule has 0 spiro atoms. The van der Waals surface area contributed by atoms with Gasteiger partial charge in [-0.2, -0.15) is 0 Å². The molecule has 1 aliphatic rings. The first-order valence-corrected chi connectivity index (χ1v) is 6.97. The third-order valence-electron chi connectivity index (χ3n) is 2.78. The summed E-state index contributed by atoms with van der Waals surface area (Å²) < 4.78 is 0. The van der Waals surface area contributed by atoms with Gasteiger partial charge in [-0.3, -0.25) is 0 Å². The first-order valence-electron chi connectivity index (χ1n) is 6.97. The van der Waals surface area contributed by atoms with Crippen LogP contribution in [0.3, 0.4) is 0 Å². The largest absolute Gasteiger partial charge is 0.399 e. The van der Waals surface area contributed by atoms with Crippen molar-refractivity contribution in [1.82, 2.24) is 0 Å². The molecule has 104 valence electrons. The average molecular weight is 252 g/mol. The van der Waals surface area contributed by atoms with Gasteiger partial charge in [0.25, 0.3) is 0 Å². The Morgan fingerprint density at radius 3 is 2.00 bits per heavy atom. The predicted molar refractivity (Wildman–Crippen MR) is 81.0 cm³/mol. The molecule has 3 heteroatoms. The van der Waals surface area contributed by atoms with E-state index in [0.717, 1.165) is 24.3 Å². The molecule has 0 radical (unpaired) electrons. The van der Waals surface area contributed by atoms with E-state index in [1.165, 1.54) is 0 Å². The minimum Gasteiger partial charge on any atom is -0.399 e. The average Bonchev–Trinajstić information content (AvgIpc) is 2.74. The lowest BCUT2D eigenvalue weighted by Crippen LogP contribution is -2.27. The fourth-order valence-corrected chi connectivity index (χ4v) is 2.03. The fourth-order valence-electron chi connectivity index (χ4n) is 2.03. The second-order valence-corrected chi connectivity index (χ2v) is 3.98. The van der Waals surface area contributed by atoms with Crippen LogP contribution < -0.4 is 10.6 Å². The third-order valence-corrected chi connectivity index (χ3v) is 2.78. The molecule has 0 amide bonds. The Labute approximate surface area is 112 Å². The normalized spacial score (nSPS) is 21.6. The zero-order valence-corrected chi connectivity index (χ0v) is 12.4. The summed E-state index contributed by atoms with van der Waals surface area (Å²) in [5, 5.41) is 9.52. The van der Waals surface area contributed by atoms with Gasteiger partial charge in [0.1, 0.15) is 0 Å². The number of aliphatic hydroxyl groups is 1. The van der Waals surface area contributed by atoms with Gasteiger partial charge in [-0.15, -0.1) is 0 Å². The van der Waals surface area contributed by atoms with E-state index in [9.17, 15) is 5.11 Å². The zero-order chi connectivity index (χ0) is 14.1. The fraction of sp³-hybridized carbons (Fsp3) is 0.600. The summed E-state index contributed by atoms with van der Waals surface area (Å²) in [5.74, 6) is 0. The molecule has 3 nitrogen and oxygen atoms in total. The summed E-state index contributed by atoms with van der Waals surface area (Å²) in [6, 6.07) is 8.21. The van der Waals surface area contributed by atoms with E-state index in [1.54, 1.807) is 0 Å². The van der Waals surface area contributed by atoms with Crippen LogP contribution in [-0.2, 0) is 0 Å². The van der Waals surface area contributed by atoms with Gasteiger partial charge in [0, 0.05) is 24.0 Å². The Morgan fingerprint density at radius 1 is 1.11 bits per heavy atom. The van der Waals surface area contributed by atoms with Crippen LogP contribution in [0.4, 0.5) is 11.4 Å². The molecule has 1 saturated heterocycles. The number of nitrogen functional groups attached to an aromatic ring is 1. The molecule has 2 unspecified atom stereocenters. The molecule has 18 heavy (non-hydrogen) atoms. The summed E-state index contributed by atoms with van der Waals surface area (Å²) in [6.07, 6.45) is 0.659. The number of anilines is 2. The van der Waals surface area contributed by atoms with Crippen LogP contribution in [0.5, 0.6) is 0 Å². The van der Waals surface area contributed by atoms with Crippen molar-refractivity contribution in [3.8, 4) is 0 Å². The van der Waals surface area contributed by atoms with Crippen LogP contribution >= 0.6 is 0 Å².